The minimum absolute atomic E-state index is 0.0920. The van der Waals surface area contributed by atoms with Crippen LogP contribution in [0.3, 0.4) is 0 Å². The van der Waals surface area contributed by atoms with E-state index in [1.165, 1.54) is 32.1 Å². The van der Waals surface area contributed by atoms with Gasteiger partial charge in [0, 0.05) is 19.1 Å². The second kappa shape index (κ2) is 5.85. The van der Waals surface area contributed by atoms with Gasteiger partial charge in [-0.1, -0.05) is 13.3 Å². The van der Waals surface area contributed by atoms with Gasteiger partial charge in [0.25, 0.3) is 0 Å². The summed E-state index contributed by atoms with van der Waals surface area (Å²) in [6.45, 7) is 6.38. The lowest BCUT2D eigenvalue weighted by molar-refractivity contribution is -0.136. The minimum Gasteiger partial charge on any atom is -0.341 e. The molecule has 3 heteroatoms. The van der Waals surface area contributed by atoms with Gasteiger partial charge in [-0.05, 0) is 44.9 Å². The number of hydrogen-bond acceptors (Lipinski definition) is 2. The smallest absolute Gasteiger partial charge is 0.239 e. The summed E-state index contributed by atoms with van der Waals surface area (Å²) < 4.78 is 0. The highest BCUT2D eigenvalue weighted by Crippen LogP contribution is 2.21. The zero-order valence-corrected chi connectivity index (χ0v) is 11.2. The van der Waals surface area contributed by atoms with Crippen LogP contribution in [0.5, 0.6) is 0 Å². The molecule has 3 unspecified atom stereocenters. The molecular weight excluding hydrogens is 212 g/mol. The number of likely N-dealkylation sites (tertiary alicyclic amines) is 1. The van der Waals surface area contributed by atoms with Gasteiger partial charge >= 0.3 is 0 Å². The number of piperidine rings is 2. The van der Waals surface area contributed by atoms with Crippen LogP contribution >= 0.6 is 0 Å². The summed E-state index contributed by atoms with van der Waals surface area (Å²) in [7, 11) is 0. The lowest BCUT2D eigenvalue weighted by Crippen LogP contribution is -2.53. The van der Waals surface area contributed by atoms with E-state index < -0.39 is 0 Å². The highest BCUT2D eigenvalue weighted by atomic mass is 16.2. The molecule has 1 N–H and O–H groups in total. The fourth-order valence-electron chi connectivity index (χ4n) is 3.15. The number of nitrogens with zero attached hydrogens (tertiary/aromatic N) is 1. The van der Waals surface area contributed by atoms with Gasteiger partial charge in [0.1, 0.15) is 0 Å². The van der Waals surface area contributed by atoms with Crippen LogP contribution < -0.4 is 5.32 Å². The fraction of sp³-hybridized carbons (Fsp3) is 0.929. The molecule has 0 aromatic carbocycles. The van der Waals surface area contributed by atoms with E-state index in [1.807, 2.05) is 0 Å². The van der Waals surface area contributed by atoms with Crippen LogP contribution in [0.4, 0.5) is 0 Å². The van der Waals surface area contributed by atoms with Gasteiger partial charge < -0.3 is 10.2 Å². The monoisotopic (exact) mass is 238 g/mol. The predicted octanol–water partition coefficient (Wildman–Crippen LogP) is 2.17. The lowest BCUT2D eigenvalue weighted by Gasteiger charge is -2.37. The second-order valence-electron chi connectivity index (χ2n) is 5.75. The number of amides is 1. The summed E-state index contributed by atoms with van der Waals surface area (Å²) in [4.78, 5) is 14.5. The van der Waals surface area contributed by atoms with Gasteiger partial charge in [-0.2, -0.15) is 0 Å². The number of carbonyl (C=O) groups excluding carboxylic acids is 1. The van der Waals surface area contributed by atoms with Crippen LogP contribution in [0.1, 0.15) is 52.4 Å². The molecule has 2 aliphatic heterocycles. The van der Waals surface area contributed by atoms with Crippen LogP contribution in [-0.2, 0) is 4.79 Å². The molecule has 17 heavy (non-hydrogen) atoms. The van der Waals surface area contributed by atoms with Crippen molar-refractivity contribution < 1.29 is 4.79 Å². The molecule has 0 bridgehead atoms. The van der Waals surface area contributed by atoms with E-state index in [1.54, 1.807) is 0 Å². The molecule has 2 aliphatic rings. The van der Waals surface area contributed by atoms with Crippen LogP contribution in [0.2, 0.25) is 0 Å². The van der Waals surface area contributed by atoms with Gasteiger partial charge in [-0.3, -0.25) is 4.79 Å². The molecule has 0 radical (unpaired) electrons. The van der Waals surface area contributed by atoms with Crippen molar-refractivity contribution in [2.24, 2.45) is 5.92 Å². The van der Waals surface area contributed by atoms with Crippen molar-refractivity contribution in [3.8, 4) is 0 Å². The van der Waals surface area contributed by atoms with Crippen molar-refractivity contribution in [3.05, 3.63) is 0 Å². The van der Waals surface area contributed by atoms with Crippen molar-refractivity contribution in [3.63, 3.8) is 0 Å². The van der Waals surface area contributed by atoms with Gasteiger partial charge in [-0.25, -0.2) is 0 Å². The molecular formula is C14H26N2O. The first-order valence-corrected chi connectivity index (χ1v) is 7.25. The summed E-state index contributed by atoms with van der Waals surface area (Å²) in [5, 5.41) is 3.46. The normalized spacial score (nSPS) is 34.7. The molecule has 0 aliphatic carbocycles. The Balaban J connectivity index is 1.89. The number of nitrogens with one attached hydrogen (secondary N) is 1. The second-order valence-corrected chi connectivity index (χ2v) is 5.75. The van der Waals surface area contributed by atoms with Crippen LogP contribution in [0.25, 0.3) is 0 Å². The lowest BCUT2D eigenvalue weighted by atomic mass is 9.93. The molecule has 98 valence electrons. The molecule has 2 rings (SSSR count). The Labute approximate surface area is 105 Å². The number of carbonyl (C=O) groups is 1. The van der Waals surface area contributed by atoms with Crippen molar-refractivity contribution in [2.45, 2.75) is 64.5 Å². The standard InChI is InChI=1S/C14H26N2O/c1-3-12-7-5-9-16(10-12)14(17)13-8-4-6-11(2)15-13/h11-13,15H,3-10H2,1-2H3. The van der Waals surface area contributed by atoms with E-state index in [9.17, 15) is 4.79 Å². The zero-order valence-electron chi connectivity index (χ0n) is 11.2. The van der Waals surface area contributed by atoms with Gasteiger partial charge in [-0.15, -0.1) is 0 Å². The molecule has 3 atom stereocenters. The first kappa shape index (κ1) is 12.9. The topological polar surface area (TPSA) is 32.3 Å². The molecule has 0 aromatic rings. The Morgan fingerprint density at radius 1 is 1.29 bits per heavy atom. The van der Waals surface area contributed by atoms with Crippen LogP contribution in [0, 0.1) is 5.92 Å². The highest BCUT2D eigenvalue weighted by molar-refractivity contribution is 5.82. The fourth-order valence-corrected chi connectivity index (χ4v) is 3.15. The summed E-state index contributed by atoms with van der Waals surface area (Å²) in [6.07, 6.45) is 7.12. The Hall–Kier alpha value is -0.570. The van der Waals surface area contributed by atoms with Gasteiger partial charge in [0.2, 0.25) is 5.91 Å². The van der Waals surface area contributed by atoms with E-state index >= 15 is 0 Å². The summed E-state index contributed by atoms with van der Waals surface area (Å²) in [6, 6.07) is 0.596. The summed E-state index contributed by atoms with van der Waals surface area (Å²) >= 11 is 0. The molecule has 0 saturated carbocycles. The number of rotatable bonds is 2. The van der Waals surface area contributed by atoms with E-state index in [4.69, 9.17) is 0 Å². The first-order valence-electron chi connectivity index (χ1n) is 7.25. The summed E-state index contributed by atoms with van der Waals surface area (Å²) in [5.74, 6) is 1.09. The quantitative estimate of drug-likeness (QED) is 0.799. The van der Waals surface area contributed by atoms with Crippen molar-refractivity contribution in [2.75, 3.05) is 13.1 Å². The zero-order chi connectivity index (χ0) is 12.3. The SMILES string of the molecule is CCC1CCCN(C(=O)C2CCCC(C)N2)C1. The third-order valence-corrected chi connectivity index (χ3v) is 4.32. The van der Waals surface area contributed by atoms with Crippen molar-refractivity contribution in [1.82, 2.24) is 10.2 Å². The molecule has 0 aromatic heterocycles. The minimum atomic E-state index is 0.0920. The number of hydrogen-bond donors (Lipinski definition) is 1. The molecule has 2 fully saturated rings. The van der Waals surface area contributed by atoms with Gasteiger partial charge in [0.05, 0.1) is 6.04 Å². The maximum absolute atomic E-state index is 12.4. The highest BCUT2D eigenvalue weighted by Gasteiger charge is 2.30. The third-order valence-electron chi connectivity index (χ3n) is 4.32. The van der Waals surface area contributed by atoms with E-state index in [-0.39, 0.29) is 6.04 Å². The molecule has 3 nitrogen and oxygen atoms in total. The van der Waals surface area contributed by atoms with Crippen molar-refractivity contribution >= 4 is 5.91 Å². The van der Waals surface area contributed by atoms with E-state index in [0.717, 1.165) is 25.4 Å². The maximum Gasteiger partial charge on any atom is 0.239 e. The predicted molar refractivity (Wildman–Crippen MR) is 69.8 cm³/mol. The summed E-state index contributed by atoms with van der Waals surface area (Å²) in [5.41, 5.74) is 0. The Bertz CT molecular complexity index is 267. The van der Waals surface area contributed by atoms with Crippen molar-refractivity contribution in [1.29, 1.82) is 0 Å². The molecule has 0 spiro atoms. The van der Waals surface area contributed by atoms with Crippen LogP contribution in [-0.4, -0.2) is 36.0 Å². The molecule has 2 saturated heterocycles. The Kier molecular flexibility index (Phi) is 4.43. The maximum atomic E-state index is 12.4. The average Bonchev–Trinajstić information content (AvgIpc) is 2.38. The van der Waals surface area contributed by atoms with E-state index in [0.29, 0.717) is 11.9 Å². The Morgan fingerprint density at radius 2 is 2.12 bits per heavy atom. The van der Waals surface area contributed by atoms with Crippen LogP contribution in [0.15, 0.2) is 0 Å². The Morgan fingerprint density at radius 3 is 2.82 bits per heavy atom. The third kappa shape index (κ3) is 3.21. The first-order chi connectivity index (χ1) is 8.20. The van der Waals surface area contributed by atoms with E-state index in [2.05, 4.69) is 24.1 Å². The van der Waals surface area contributed by atoms with Gasteiger partial charge in [0.15, 0.2) is 0 Å². The largest absolute Gasteiger partial charge is 0.341 e. The average molecular weight is 238 g/mol. The molecule has 1 amide bonds. The molecule has 2 heterocycles.